The van der Waals surface area contributed by atoms with Crippen molar-refractivity contribution in [3.63, 3.8) is 0 Å². The molecule has 0 aliphatic carbocycles. The number of anilines is 1. The number of nitrogens with one attached hydrogen (secondary N) is 1. The number of aromatic carboxylic acids is 1. The maximum absolute atomic E-state index is 12.5. The molecular formula is C19H13ClN2O6S. The fourth-order valence-corrected chi connectivity index (χ4v) is 3.26. The van der Waals surface area contributed by atoms with Gasteiger partial charge >= 0.3 is 5.97 Å². The molecule has 0 aliphatic rings. The molecule has 0 bridgehead atoms. The number of benzene rings is 2. The van der Waals surface area contributed by atoms with Crippen LogP contribution in [0, 0.1) is 10.1 Å². The molecule has 1 amide bonds. The molecular weight excluding hydrogens is 420 g/mol. The summed E-state index contributed by atoms with van der Waals surface area (Å²) in [6.45, 7) is 0.283. The monoisotopic (exact) mass is 432 g/mol. The third-order valence-corrected chi connectivity index (χ3v) is 5.02. The van der Waals surface area contributed by atoms with Crippen LogP contribution in [0.15, 0.2) is 53.9 Å². The zero-order valence-electron chi connectivity index (χ0n) is 14.6. The van der Waals surface area contributed by atoms with E-state index in [0.717, 1.165) is 10.9 Å². The van der Waals surface area contributed by atoms with E-state index in [9.17, 15) is 24.8 Å². The Morgan fingerprint density at radius 1 is 1.17 bits per heavy atom. The summed E-state index contributed by atoms with van der Waals surface area (Å²) < 4.78 is 5.59. The lowest BCUT2D eigenvalue weighted by molar-refractivity contribution is -0.384. The van der Waals surface area contributed by atoms with Gasteiger partial charge in [0, 0.05) is 17.0 Å². The summed E-state index contributed by atoms with van der Waals surface area (Å²) in [4.78, 5) is 35.4. The van der Waals surface area contributed by atoms with Crippen molar-refractivity contribution in [3.8, 4) is 5.75 Å². The first-order valence-corrected chi connectivity index (χ1v) is 9.38. The van der Waals surface area contributed by atoms with Crippen molar-refractivity contribution in [3.05, 3.63) is 85.1 Å². The lowest BCUT2D eigenvalue weighted by atomic mass is 10.1. The molecule has 0 fully saturated rings. The number of nitro benzene ring substituents is 1. The van der Waals surface area contributed by atoms with E-state index in [2.05, 4.69) is 5.32 Å². The Balaban J connectivity index is 1.83. The summed E-state index contributed by atoms with van der Waals surface area (Å²) >= 11 is 7.47. The standard InChI is InChI=1S/C19H13ClN2O6S/c20-16-5-3-11(22(26)27)8-14(16)18(23)21-17-6-4-12(9-15(17)19(24)25)28-10-13-2-1-7-29-13/h1-9H,10H2,(H,21,23)(H,24,25). The topological polar surface area (TPSA) is 119 Å². The maximum atomic E-state index is 12.5. The Kier molecular flexibility index (Phi) is 6.10. The van der Waals surface area contributed by atoms with Crippen molar-refractivity contribution >= 4 is 46.2 Å². The fourth-order valence-electron chi connectivity index (χ4n) is 2.44. The van der Waals surface area contributed by atoms with Crippen LogP contribution in [-0.2, 0) is 6.61 Å². The van der Waals surface area contributed by atoms with Crippen LogP contribution in [0.5, 0.6) is 5.75 Å². The van der Waals surface area contributed by atoms with Crippen LogP contribution in [0.1, 0.15) is 25.6 Å². The smallest absolute Gasteiger partial charge is 0.337 e. The zero-order chi connectivity index (χ0) is 21.0. The van der Waals surface area contributed by atoms with Gasteiger partial charge in [-0.3, -0.25) is 14.9 Å². The molecule has 0 saturated carbocycles. The van der Waals surface area contributed by atoms with Crippen LogP contribution < -0.4 is 10.1 Å². The van der Waals surface area contributed by atoms with Crippen LogP contribution >= 0.6 is 22.9 Å². The van der Waals surface area contributed by atoms with Crippen LogP contribution in [0.3, 0.4) is 0 Å². The van der Waals surface area contributed by atoms with Crippen molar-refractivity contribution in [2.45, 2.75) is 6.61 Å². The number of non-ortho nitro benzene ring substituents is 1. The van der Waals surface area contributed by atoms with Gasteiger partial charge < -0.3 is 15.2 Å². The SMILES string of the molecule is O=C(Nc1ccc(OCc2cccs2)cc1C(=O)O)c1cc([N+](=O)[O-])ccc1Cl. The Labute approximate surface area is 173 Å². The Bertz CT molecular complexity index is 1080. The molecule has 0 spiro atoms. The summed E-state index contributed by atoms with van der Waals surface area (Å²) in [6.07, 6.45) is 0. The lowest BCUT2D eigenvalue weighted by Gasteiger charge is -2.12. The number of carboxylic acids is 1. The number of carbonyl (C=O) groups excluding carboxylic acids is 1. The molecule has 29 heavy (non-hydrogen) atoms. The number of nitrogens with zero attached hydrogens (tertiary/aromatic N) is 1. The van der Waals surface area contributed by atoms with E-state index in [1.807, 2.05) is 17.5 Å². The number of amides is 1. The summed E-state index contributed by atoms with van der Waals surface area (Å²) in [7, 11) is 0. The Morgan fingerprint density at radius 3 is 2.62 bits per heavy atom. The van der Waals surface area contributed by atoms with E-state index in [1.165, 1.54) is 41.7 Å². The molecule has 0 unspecified atom stereocenters. The minimum absolute atomic E-state index is 0.000811. The highest BCUT2D eigenvalue weighted by Gasteiger charge is 2.19. The van der Waals surface area contributed by atoms with Crippen LogP contribution in [0.4, 0.5) is 11.4 Å². The molecule has 1 heterocycles. The first kappa shape index (κ1) is 20.3. The number of carboxylic acid groups (broad SMARTS) is 1. The number of thiophene rings is 1. The van der Waals surface area contributed by atoms with E-state index in [-0.39, 0.29) is 34.1 Å². The third-order valence-electron chi connectivity index (χ3n) is 3.84. The van der Waals surface area contributed by atoms with Crippen molar-refractivity contribution < 1.29 is 24.4 Å². The predicted octanol–water partition coefficient (Wildman–Crippen LogP) is 4.84. The van der Waals surface area contributed by atoms with Crippen LogP contribution in [0.25, 0.3) is 0 Å². The highest BCUT2D eigenvalue weighted by Crippen LogP contribution is 2.27. The molecule has 0 saturated heterocycles. The fraction of sp³-hybridized carbons (Fsp3) is 0.0526. The van der Waals surface area contributed by atoms with Gasteiger partial charge in [0.25, 0.3) is 11.6 Å². The van der Waals surface area contributed by atoms with Crippen molar-refractivity contribution in [1.82, 2.24) is 0 Å². The molecule has 0 radical (unpaired) electrons. The van der Waals surface area contributed by atoms with E-state index in [1.54, 1.807) is 0 Å². The Hall–Kier alpha value is -3.43. The number of halogens is 1. The molecule has 2 aromatic carbocycles. The number of hydrogen-bond acceptors (Lipinski definition) is 6. The molecule has 148 valence electrons. The first-order chi connectivity index (χ1) is 13.8. The zero-order valence-corrected chi connectivity index (χ0v) is 16.2. The largest absolute Gasteiger partial charge is 0.488 e. The van der Waals surface area contributed by atoms with Crippen LogP contribution in [0.2, 0.25) is 5.02 Å². The summed E-state index contributed by atoms with van der Waals surface area (Å²) in [5, 5.41) is 24.7. The Morgan fingerprint density at radius 2 is 1.97 bits per heavy atom. The summed E-state index contributed by atoms with van der Waals surface area (Å²) in [5.74, 6) is -1.72. The summed E-state index contributed by atoms with van der Waals surface area (Å²) in [6, 6.07) is 11.4. The van der Waals surface area contributed by atoms with Gasteiger partial charge in [-0.2, -0.15) is 0 Å². The predicted molar refractivity (Wildman–Crippen MR) is 108 cm³/mol. The van der Waals surface area contributed by atoms with Gasteiger partial charge in [0.15, 0.2) is 0 Å². The highest BCUT2D eigenvalue weighted by atomic mass is 35.5. The van der Waals surface area contributed by atoms with Crippen molar-refractivity contribution in [1.29, 1.82) is 0 Å². The second-order valence-corrected chi connectivity index (χ2v) is 7.20. The number of hydrogen-bond donors (Lipinski definition) is 2. The normalized spacial score (nSPS) is 10.4. The van der Waals surface area contributed by atoms with Crippen LogP contribution in [-0.4, -0.2) is 21.9 Å². The quantitative estimate of drug-likeness (QED) is 0.407. The number of carbonyl (C=O) groups is 2. The molecule has 3 rings (SSSR count). The highest BCUT2D eigenvalue weighted by molar-refractivity contribution is 7.09. The van der Waals surface area contributed by atoms with Gasteiger partial charge in [-0.25, -0.2) is 4.79 Å². The lowest BCUT2D eigenvalue weighted by Crippen LogP contribution is -2.15. The van der Waals surface area contributed by atoms with Gasteiger partial charge in [0.2, 0.25) is 0 Å². The minimum Gasteiger partial charge on any atom is -0.488 e. The minimum atomic E-state index is -1.27. The number of rotatable bonds is 7. The van der Waals surface area contributed by atoms with Gasteiger partial charge in [-0.15, -0.1) is 11.3 Å². The van der Waals surface area contributed by atoms with Crippen molar-refractivity contribution in [2.75, 3.05) is 5.32 Å². The summed E-state index contributed by atoms with van der Waals surface area (Å²) in [5.41, 5.74) is -0.636. The van der Waals surface area contributed by atoms with E-state index < -0.39 is 16.8 Å². The second kappa shape index (κ2) is 8.72. The van der Waals surface area contributed by atoms with Gasteiger partial charge in [0.1, 0.15) is 12.4 Å². The van der Waals surface area contributed by atoms with E-state index >= 15 is 0 Å². The molecule has 1 aromatic heterocycles. The molecule has 0 atom stereocenters. The maximum Gasteiger partial charge on any atom is 0.337 e. The first-order valence-electron chi connectivity index (χ1n) is 8.13. The van der Waals surface area contributed by atoms with E-state index in [0.29, 0.717) is 5.75 Å². The van der Waals surface area contributed by atoms with Gasteiger partial charge in [-0.1, -0.05) is 17.7 Å². The van der Waals surface area contributed by atoms with Gasteiger partial charge in [-0.05, 0) is 35.7 Å². The molecule has 8 nitrogen and oxygen atoms in total. The third kappa shape index (κ3) is 4.89. The average Bonchev–Trinajstić information content (AvgIpc) is 3.20. The van der Waals surface area contributed by atoms with E-state index in [4.69, 9.17) is 16.3 Å². The average molecular weight is 433 g/mol. The van der Waals surface area contributed by atoms with Crippen molar-refractivity contribution in [2.24, 2.45) is 0 Å². The molecule has 2 N–H and O–H groups in total. The van der Waals surface area contributed by atoms with Gasteiger partial charge in [0.05, 0.1) is 26.8 Å². The molecule has 10 heteroatoms. The molecule has 0 aliphatic heterocycles. The number of nitro groups is 1. The molecule has 3 aromatic rings. The number of ether oxygens (including phenoxy) is 1. The second-order valence-electron chi connectivity index (χ2n) is 5.76.